The smallest absolute Gasteiger partial charge is 0.130 e. The van der Waals surface area contributed by atoms with Crippen LogP contribution in [-0.4, -0.2) is 5.11 Å². The van der Waals surface area contributed by atoms with Gasteiger partial charge in [-0.05, 0) is 58.4 Å². The van der Waals surface area contributed by atoms with Gasteiger partial charge in [0, 0.05) is 14.8 Å². The lowest BCUT2D eigenvalue weighted by atomic mass is 10.3. The molecular weight excluding hydrogens is 308 g/mol. The topological polar surface area (TPSA) is 20.2 Å². The van der Waals surface area contributed by atoms with Crippen LogP contribution in [0.4, 0.5) is 0 Å². The average molecular weight is 316 g/mol. The minimum absolute atomic E-state index is 0.249. The Labute approximate surface area is 112 Å². The summed E-state index contributed by atoms with van der Waals surface area (Å²) in [4.78, 5) is 2.08. The van der Waals surface area contributed by atoms with Gasteiger partial charge in [-0.1, -0.05) is 23.4 Å². The summed E-state index contributed by atoms with van der Waals surface area (Å²) in [5.74, 6) is 0.249. The number of benzene rings is 2. The maximum absolute atomic E-state index is 9.54. The standard InChI is InChI=1S/C12H8BrClOS/c13-11-6-5-10(7-12(11)15)16-9-3-1-8(14)2-4-9/h1-7,15H. The highest BCUT2D eigenvalue weighted by Crippen LogP contribution is 2.33. The summed E-state index contributed by atoms with van der Waals surface area (Å²) in [5, 5.41) is 10.3. The minimum Gasteiger partial charge on any atom is -0.507 e. The van der Waals surface area contributed by atoms with Crippen LogP contribution in [0.2, 0.25) is 5.02 Å². The van der Waals surface area contributed by atoms with Crippen molar-refractivity contribution < 1.29 is 5.11 Å². The van der Waals surface area contributed by atoms with Gasteiger partial charge in [0.1, 0.15) is 5.75 Å². The molecule has 0 aliphatic rings. The van der Waals surface area contributed by atoms with E-state index in [-0.39, 0.29) is 5.75 Å². The lowest BCUT2D eigenvalue weighted by Crippen LogP contribution is -1.75. The number of hydrogen-bond acceptors (Lipinski definition) is 2. The number of halogens is 2. The maximum atomic E-state index is 9.54. The van der Waals surface area contributed by atoms with Crippen molar-refractivity contribution in [1.29, 1.82) is 0 Å². The van der Waals surface area contributed by atoms with Crippen molar-refractivity contribution in [2.24, 2.45) is 0 Å². The van der Waals surface area contributed by atoms with Gasteiger partial charge in [0.15, 0.2) is 0 Å². The molecule has 2 rings (SSSR count). The zero-order valence-corrected chi connectivity index (χ0v) is 11.3. The van der Waals surface area contributed by atoms with Gasteiger partial charge >= 0.3 is 0 Å². The molecule has 0 aliphatic carbocycles. The van der Waals surface area contributed by atoms with E-state index in [1.807, 2.05) is 36.4 Å². The zero-order chi connectivity index (χ0) is 11.5. The molecule has 0 bridgehead atoms. The molecule has 1 nitrogen and oxygen atoms in total. The molecule has 0 saturated heterocycles. The first-order valence-corrected chi connectivity index (χ1v) is 6.56. The summed E-state index contributed by atoms with van der Waals surface area (Å²) in [6, 6.07) is 13.1. The third-order valence-corrected chi connectivity index (χ3v) is 3.89. The molecule has 0 aromatic heterocycles. The SMILES string of the molecule is Oc1cc(Sc2ccc(Cl)cc2)ccc1Br. The number of phenolic OH excluding ortho intramolecular Hbond substituents is 1. The van der Waals surface area contributed by atoms with E-state index in [2.05, 4.69) is 15.9 Å². The predicted molar refractivity (Wildman–Crippen MR) is 71.4 cm³/mol. The van der Waals surface area contributed by atoms with Gasteiger partial charge in [-0.25, -0.2) is 0 Å². The van der Waals surface area contributed by atoms with Crippen LogP contribution in [0.25, 0.3) is 0 Å². The summed E-state index contributed by atoms with van der Waals surface area (Å²) < 4.78 is 0.702. The lowest BCUT2D eigenvalue weighted by molar-refractivity contribution is 0.470. The number of aromatic hydroxyl groups is 1. The van der Waals surface area contributed by atoms with Crippen LogP contribution >= 0.6 is 39.3 Å². The quantitative estimate of drug-likeness (QED) is 0.845. The van der Waals surface area contributed by atoms with Crippen molar-refractivity contribution in [1.82, 2.24) is 0 Å². The summed E-state index contributed by atoms with van der Waals surface area (Å²) in [7, 11) is 0. The fourth-order valence-electron chi connectivity index (χ4n) is 1.19. The Morgan fingerprint density at radius 3 is 2.25 bits per heavy atom. The van der Waals surface area contributed by atoms with Gasteiger partial charge in [0.25, 0.3) is 0 Å². The number of phenols is 1. The molecule has 1 N–H and O–H groups in total. The minimum atomic E-state index is 0.249. The van der Waals surface area contributed by atoms with E-state index < -0.39 is 0 Å². The first-order chi connectivity index (χ1) is 7.65. The van der Waals surface area contributed by atoms with Crippen LogP contribution in [0.3, 0.4) is 0 Å². The fraction of sp³-hybridized carbons (Fsp3) is 0. The molecule has 0 radical (unpaired) electrons. The van der Waals surface area contributed by atoms with E-state index >= 15 is 0 Å². The molecule has 0 aliphatic heterocycles. The molecule has 82 valence electrons. The van der Waals surface area contributed by atoms with E-state index in [0.717, 1.165) is 14.8 Å². The van der Waals surface area contributed by atoms with Crippen LogP contribution in [0.1, 0.15) is 0 Å². The second kappa shape index (κ2) is 5.13. The highest BCUT2D eigenvalue weighted by atomic mass is 79.9. The fourth-order valence-corrected chi connectivity index (χ4v) is 2.42. The highest BCUT2D eigenvalue weighted by Gasteiger charge is 2.01. The Kier molecular flexibility index (Phi) is 3.79. The molecule has 16 heavy (non-hydrogen) atoms. The van der Waals surface area contributed by atoms with Crippen LogP contribution in [0.15, 0.2) is 56.7 Å². The first-order valence-electron chi connectivity index (χ1n) is 4.57. The van der Waals surface area contributed by atoms with Crippen molar-refractivity contribution in [3.05, 3.63) is 52.0 Å². The Bertz CT molecular complexity index is 499. The van der Waals surface area contributed by atoms with Gasteiger partial charge in [0.2, 0.25) is 0 Å². The second-order valence-electron chi connectivity index (χ2n) is 3.17. The van der Waals surface area contributed by atoms with Crippen LogP contribution in [-0.2, 0) is 0 Å². The first kappa shape index (κ1) is 11.8. The third kappa shape index (κ3) is 2.94. The van der Waals surface area contributed by atoms with Crippen molar-refractivity contribution >= 4 is 39.3 Å². The second-order valence-corrected chi connectivity index (χ2v) is 5.61. The Morgan fingerprint density at radius 1 is 1.00 bits per heavy atom. The van der Waals surface area contributed by atoms with E-state index in [1.54, 1.807) is 17.8 Å². The van der Waals surface area contributed by atoms with Crippen molar-refractivity contribution in [3.63, 3.8) is 0 Å². The normalized spacial score (nSPS) is 10.4. The highest BCUT2D eigenvalue weighted by molar-refractivity contribution is 9.10. The summed E-state index contributed by atoms with van der Waals surface area (Å²) >= 11 is 10.6. The molecule has 0 atom stereocenters. The molecule has 0 heterocycles. The molecule has 0 saturated carbocycles. The number of rotatable bonds is 2. The number of hydrogen-bond donors (Lipinski definition) is 1. The largest absolute Gasteiger partial charge is 0.507 e. The molecule has 0 amide bonds. The monoisotopic (exact) mass is 314 g/mol. The van der Waals surface area contributed by atoms with Gasteiger partial charge in [-0.3, -0.25) is 0 Å². The Balaban J connectivity index is 2.20. The van der Waals surface area contributed by atoms with Crippen molar-refractivity contribution in [2.75, 3.05) is 0 Å². The Morgan fingerprint density at radius 2 is 1.62 bits per heavy atom. The molecule has 4 heteroatoms. The van der Waals surface area contributed by atoms with Crippen molar-refractivity contribution in [2.45, 2.75) is 9.79 Å². The zero-order valence-electron chi connectivity index (χ0n) is 8.15. The maximum Gasteiger partial charge on any atom is 0.130 e. The molecule has 0 unspecified atom stereocenters. The summed E-state index contributed by atoms with van der Waals surface area (Å²) in [5.41, 5.74) is 0. The van der Waals surface area contributed by atoms with E-state index in [9.17, 15) is 5.11 Å². The molecule has 0 spiro atoms. The van der Waals surface area contributed by atoms with E-state index in [4.69, 9.17) is 11.6 Å². The van der Waals surface area contributed by atoms with Crippen LogP contribution in [0.5, 0.6) is 5.75 Å². The average Bonchev–Trinajstić information content (AvgIpc) is 2.27. The predicted octanol–water partition coefficient (Wildman–Crippen LogP) is 4.96. The molecular formula is C12H8BrClOS. The van der Waals surface area contributed by atoms with Gasteiger partial charge < -0.3 is 5.11 Å². The summed E-state index contributed by atoms with van der Waals surface area (Å²) in [6.07, 6.45) is 0. The van der Waals surface area contributed by atoms with Crippen molar-refractivity contribution in [3.8, 4) is 5.75 Å². The third-order valence-electron chi connectivity index (χ3n) is 1.97. The van der Waals surface area contributed by atoms with Gasteiger partial charge in [-0.15, -0.1) is 0 Å². The van der Waals surface area contributed by atoms with E-state index in [0.29, 0.717) is 4.47 Å². The van der Waals surface area contributed by atoms with Crippen LogP contribution in [0, 0.1) is 0 Å². The molecule has 2 aromatic rings. The molecule has 0 fully saturated rings. The van der Waals surface area contributed by atoms with Gasteiger partial charge in [0.05, 0.1) is 4.47 Å². The van der Waals surface area contributed by atoms with E-state index in [1.165, 1.54) is 0 Å². The summed E-state index contributed by atoms with van der Waals surface area (Å²) in [6.45, 7) is 0. The van der Waals surface area contributed by atoms with Crippen LogP contribution < -0.4 is 0 Å². The Hall–Kier alpha value is -0.640. The molecule has 2 aromatic carbocycles. The van der Waals surface area contributed by atoms with Gasteiger partial charge in [-0.2, -0.15) is 0 Å². The lowest BCUT2D eigenvalue weighted by Gasteiger charge is -2.03.